The summed E-state index contributed by atoms with van der Waals surface area (Å²) in [4.78, 5) is 0. The summed E-state index contributed by atoms with van der Waals surface area (Å²) in [6.07, 6.45) is 2.43. The fourth-order valence-electron chi connectivity index (χ4n) is 1.91. The first-order valence-corrected chi connectivity index (χ1v) is 11.4. The van der Waals surface area contributed by atoms with Gasteiger partial charge in [0.25, 0.3) is 10.2 Å². The molecule has 8 nitrogen and oxygen atoms in total. The van der Waals surface area contributed by atoms with Crippen LogP contribution < -0.4 is 14.2 Å². The van der Waals surface area contributed by atoms with Crippen LogP contribution in [0.15, 0.2) is 0 Å². The van der Waals surface area contributed by atoms with Crippen LogP contribution in [-0.4, -0.2) is 52.8 Å². The minimum atomic E-state index is -4.08. The summed E-state index contributed by atoms with van der Waals surface area (Å²) < 4.78 is 45.9. The molecule has 0 saturated heterocycles. The lowest BCUT2D eigenvalue weighted by atomic mass is 10.0. The molecule has 0 aromatic carbocycles. The molecule has 0 saturated carbocycles. The molecule has 0 aromatic rings. The molecule has 1 atom stereocenters. The maximum Gasteiger partial charge on any atom is 0.288 e. The van der Waals surface area contributed by atoms with Gasteiger partial charge in [0, 0.05) is 6.04 Å². The van der Waals surface area contributed by atoms with Crippen molar-refractivity contribution in [3.8, 4) is 12.0 Å². The fourth-order valence-corrected chi connectivity index (χ4v) is 4.63. The van der Waals surface area contributed by atoms with E-state index in [4.69, 9.17) is 9.84 Å². The zero-order chi connectivity index (χ0) is 21.5. The van der Waals surface area contributed by atoms with E-state index in [1.165, 1.54) is 13.8 Å². The topological polar surface area (TPSA) is 117 Å². The fraction of sp³-hybridized carbons (Fsp3) is 0.882. The number of hydrogen-bond donors (Lipinski definition) is 4. The SMILES string of the molecule is CC(C)NCCC(C)(C)OCC(C)(C)NS(=O)(=O)NS(=O)C(C)(C)C#CO. The standard InChI is InChI=1S/C17H35N3O5S2/c1-14(2)18-11-9-16(5,6)25-13-15(3,4)19-27(23,24)20-26(22)17(7,8)10-12-21/h14,18-21H,9,11,13H2,1-8H3. The van der Waals surface area contributed by atoms with Crippen LogP contribution >= 0.6 is 0 Å². The predicted octanol–water partition coefficient (Wildman–Crippen LogP) is 1.15. The second kappa shape index (κ2) is 10.2. The van der Waals surface area contributed by atoms with Crippen molar-refractivity contribution in [1.82, 2.24) is 14.2 Å². The molecule has 10 heteroatoms. The van der Waals surface area contributed by atoms with E-state index < -0.39 is 37.1 Å². The summed E-state index contributed by atoms with van der Waals surface area (Å²) >= 11 is 0. The summed E-state index contributed by atoms with van der Waals surface area (Å²) in [6.45, 7) is 15.2. The minimum Gasteiger partial charge on any atom is -0.462 e. The quantitative estimate of drug-likeness (QED) is 0.349. The van der Waals surface area contributed by atoms with Crippen molar-refractivity contribution < 1.29 is 22.5 Å². The summed E-state index contributed by atoms with van der Waals surface area (Å²) in [7, 11) is -6.13. The van der Waals surface area contributed by atoms with Gasteiger partial charge in [-0.05, 0) is 60.4 Å². The summed E-state index contributed by atoms with van der Waals surface area (Å²) in [5.41, 5.74) is -1.36. The zero-order valence-electron chi connectivity index (χ0n) is 17.6. The normalized spacial score (nSPS) is 14.7. The molecular formula is C17H35N3O5S2. The van der Waals surface area contributed by atoms with Gasteiger partial charge in [0.15, 0.2) is 0 Å². The highest BCUT2D eigenvalue weighted by Gasteiger charge is 2.33. The molecule has 0 fully saturated rings. The molecule has 0 amide bonds. The third-order valence-electron chi connectivity index (χ3n) is 3.52. The Labute approximate surface area is 167 Å². The van der Waals surface area contributed by atoms with Crippen molar-refractivity contribution in [2.24, 2.45) is 0 Å². The number of nitrogens with one attached hydrogen (secondary N) is 3. The molecule has 0 aromatic heterocycles. The van der Waals surface area contributed by atoms with Crippen LogP contribution in [0, 0.1) is 12.0 Å². The van der Waals surface area contributed by atoms with Gasteiger partial charge in [-0.3, -0.25) is 0 Å². The smallest absolute Gasteiger partial charge is 0.288 e. The van der Waals surface area contributed by atoms with E-state index in [1.54, 1.807) is 20.0 Å². The minimum absolute atomic E-state index is 0.134. The number of aliphatic hydroxyl groups excluding tert-OH is 1. The van der Waals surface area contributed by atoms with Crippen molar-refractivity contribution in [2.75, 3.05) is 13.2 Å². The number of ether oxygens (including phenoxy) is 1. The lowest BCUT2D eigenvalue weighted by Gasteiger charge is -2.32. The highest BCUT2D eigenvalue weighted by molar-refractivity contribution is 8.01. The highest BCUT2D eigenvalue weighted by atomic mass is 32.3. The van der Waals surface area contributed by atoms with Crippen molar-refractivity contribution in [3.05, 3.63) is 0 Å². The molecule has 0 rings (SSSR count). The van der Waals surface area contributed by atoms with Gasteiger partial charge >= 0.3 is 0 Å². The van der Waals surface area contributed by atoms with E-state index >= 15 is 0 Å². The van der Waals surface area contributed by atoms with Crippen molar-refractivity contribution in [2.45, 2.75) is 83.7 Å². The Balaban J connectivity index is 4.79. The van der Waals surface area contributed by atoms with Crippen molar-refractivity contribution in [3.63, 3.8) is 0 Å². The van der Waals surface area contributed by atoms with Crippen LogP contribution in [0.25, 0.3) is 0 Å². The summed E-state index contributed by atoms with van der Waals surface area (Å²) in [6, 6.07) is 0.385. The van der Waals surface area contributed by atoms with Gasteiger partial charge in [-0.2, -0.15) is 13.1 Å². The number of hydrogen-bond acceptors (Lipinski definition) is 6. The second-order valence-electron chi connectivity index (χ2n) is 8.50. The molecule has 0 aliphatic heterocycles. The summed E-state index contributed by atoms with van der Waals surface area (Å²) in [5, 5.41) is 12.0. The molecule has 27 heavy (non-hydrogen) atoms. The van der Waals surface area contributed by atoms with Crippen molar-refractivity contribution >= 4 is 21.2 Å². The van der Waals surface area contributed by atoms with Crippen molar-refractivity contribution in [1.29, 1.82) is 0 Å². The largest absolute Gasteiger partial charge is 0.462 e. The first kappa shape index (κ1) is 26.3. The van der Waals surface area contributed by atoms with E-state index in [1.807, 2.05) is 18.0 Å². The van der Waals surface area contributed by atoms with Gasteiger partial charge in [0.05, 0.1) is 17.7 Å². The molecule has 0 aliphatic carbocycles. The van der Waals surface area contributed by atoms with Crippen LogP contribution in [0.3, 0.4) is 0 Å². The van der Waals surface area contributed by atoms with E-state index in [0.29, 0.717) is 6.04 Å². The Bertz CT molecular complexity index is 662. The maximum atomic E-state index is 12.3. The lowest BCUT2D eigenvalue weighted by molar-refractivity contribution is -0.0437. The van der Waals surface area contributed by atoms with E-state index in [-0.39, 0.29) is 6.61 Å². The maximum absolute atomic E-state index is 12.3. The Hall–Kier alpha value is -0.700. The van der Waals surface area contributed by atoms with E-state index in [0.717, 1.165) is 13.0 Å². The third kappa shape index (κ3) is 11.7. The van der Waals surface area contributed by atoms with Gasteiger partial charge < -0.3 is 15.2 Å². The van der Waals surface area contributed by atoms with Gasteiger partial charge in [-0.25, -0.2) is 4.21 Å². The molecule has 0 bridgehead atoms. The van der Waals surface area contributed by atoms with Crippen LogP contribution in [0.4, 0.5) is 0 Å². The van der Waals surface area contributed by atoms with Crippen LogP contribution in [0.2, 0.25) is 0 Å². The molecule has 0 aliphatic rings. The predicted molar refractivity (Wildman–Crippen MR) is 109 cm³/mol. The Morgan fingerprint density at radius 1 is 1.15 bits per heavy atom. The Morgan fingerprint density at radius 2 is 1.70 bits per heavy atom. The summed E-state index contributed by atoms with van der Waals surface area (Å²) in [5.74, 6) is 2.30. The molecule has 160 valence electrons. The Morgan fingerprint density at radius 3 is 2.19 bits per heavy atom. The van der Waals surface area contributed by atoms with Gasteiger partial charge in [0.1, 0.15) is 21.8 Å². The molecule has 0 radical (unpaired) electrons. The number of rotatable bonds is 12. The monoisotopic (exact) mass is 425 g/mol. The Kier molecular flexibility index (Phi) is 9.92. The van der Waals surface area contributed by atoms with Crippen LogP contribution in [0.1, 0.15) is 61.8 Å². The van der Waals surface area contributed by atoms with E-state index in [2.05, 4.69) is 29.8 Å². The third-order valence-corrected chi connectivity index (χ3v) is 6.85. The van der Waals surface area contributed by atoms with Gasteiger partial charge in [-0.15, -0.1) is 4.13 Å². The van der Waals surface area contributed by atoms with E-state index in [9.17, 15) is 12.6 Å². The zero-order valence-corrected chi connectivity index (χ0v) is 19.2. The number of aliphatic hydroxyl groups is 1. The first-order chi connectivity index (χ1) is 12.0. The lowest BCUT2D eigenvalue weighted by Crippen LogP contribution is -2.54. The van der Waals surface area contributed by atoms with Crippen LogP contribution in [-0.2, 0) is 25.9 Å². The molecule has 4 N–H and O–H groups in total. The molecule has 0 spiro atoms. The van der Waals surface area contributed by atoms with Gasteiger partial charge in [-0.1, -0.05) is 13.8 Å². The molecule has 1 unspecified atom stereocenters. The average Bonchev–Trinajstić information content (AvgIpc) is 2.43. The first-order valence-electron chi connectivity index (χ1n) is 8.79. The average molecular weight is 426 g/mol. The molecular weight excluding hydrogens is 390 g/mol. The van der Waals surface area contributed by atoms with Gasteiger partial charge in [0.2, 0.25) is 0 Å². The molecule has 0 heterocycles. The van der Waals surface area contributed by atoms with Crippen LogP contribution in [0.5, 0.6) is 0 Å². The second-order valence-corrected chi connectivity index (χ2v) is 11.9. The highest BCUT2D eigenvalue weighted by Crippen LogP contribution is 2.18.